The number of nitrogens with zero attached hydrogens (tertiary/aromatic N) is 7. The molecule has 0 spiro atoms. The van der Waals surface area contributed by atoms with E-state index in [1.807, 2.05) is 32.9 Å². The van der Waals surface area contributed by atoms with Crippen LogP contribution in [0.2, 0.25) is 0 Å². The molecule has 0 aliphatic heterocycles. The Kier molecular flexibility index (Phi) is 9.76. The number of aromatic hydroxyl groups is 1. The SMILES string of the molecule is CC(C)(C)c1ccc(C(=O)NCCC[C@H](NC(=O)c2ccc(NCc3cnc4nc(N)nc(N)c4n3)c(O)c2)C(=O)O)c(-c2nn[nH]n2)c1. The summed E-state index contributed by atoms with van der Waals surface area (Å²) in [6.45, 7) is 6.42. The van der Waals surface area contributed by atoms with Gasteiger partial charge in [-0.05, 0) is 59.4 Å². The lowest BCUT2D eigenvalue weighted by Gasteiger charge is -2.20. The number of carbonyl (C=O) groups excluding carboxylic acids is 2. The quantitative estimate of drug-likeness (QED) is 0.0694. The molecular weight excluding hydrogens is 634 g/mol. The minimum Gasteiger partial charge on any atom is -0.506 e. The smallest absolute Gasteiger partial charge is 0.326 e. The number of fused-ring (bicyclic) bond motifs is 1. The van der Waals surface area contributed by atoms with Crippen molar-refractivity contribution in [3.63, 3.8) is 0 Å². The molecule has 1 atom stereocenters. The zero-order valence-electron chi connectivity index (χ0n) is 26.9. The van der Waals surface area contributed by atoms with Crippen molar-refractivity contribution < 1.29 is 24.6 Å². The normalized spacial score (nSPS) is 12.0. The van der Waals surface area contributed by atoms with Crippen molar-refractivity contribution in [2.45, 2.75) is 51.6 Å². The van der Waals surface area contributed by atoms with E-state index in [4.69, 9.17) is 11.5 Å². The van der Waals surface area contributed by atoms with Crippen LogP contribution in [0.15, 0.2) is 42.6 Å². The zero-order valence-corrected chi connectivity index (χ0v) is 26.9. The molecular formula is C31H35N13O5. The molecule has 0 aliphatic rings. The minimum atomic E-state index is -1.25. The van der Waals surface area contributed by atoms with E-state index < -0.39 is 23.8 Å². The van der Waals surface area contributed by atoms with Crippen molar-refractivity contribution in [2.24, 2.45) is 0 Å². The predicted molar refractivity (Wildman–Crippen MR) is 178 cm³/mol. The van der Waals surface area contributed by atoms with Crippen LogP contribution in [0.25, 0.3) is 22.6 Å². The van der Waals surface area contributed by atoms with Crippen molar-refractivity contribution in [3.8, 4) is 17.1 Å². The number of carboxylic acids is 1. The number of H-pyrrole nitrogens is 1. The topological polar surface area (TPSA) is 286 Å². The highest BCUT2D eigenvalue weighted by molar-refractivity contribution is 6.00. The first-order valence-electron chi connectivity index (χ1n) is 15.1. The van der Waals surface area contributed by atoms with E-state index >= 15 is 0 Å². The number of phenolic OH excluding ortho intramolecular Hbond substituents is 1. The van der Waals surface area contributed by atoms with E-state index in [9.17, 15) is 24.6 Å². The van der Waals surface area contributed by atoms with Crippen LogP contribution in [0.5, 0.6) is 5.75 Å². The summed E-state index contributed by atoms with van der Waals surface area (Å²) in [6, 6.07) is 8.27. The Morgan fingerprint density at radius 1 is 1.02 bits per heavy atom. The molecule has 0 aliphatic carbocycles. The third-order valence-corrected chi connectivity index (χ3v) is 7.50. The monoisotopic (exact) mass is 669 g/mol. The average molecular weight is 670 g/mol. The third kappa shape index (κ3) is 8.10. The molecule has 0 saturated heterocycles. The molecule has 5 rings (SSSR count). The van der Waals surface area contributed by atoms with E-state index in [-0.39, 0.29) is 71.4 Å². The van der Waals surface area contributed by atoms with Gasteiger partial charge in [-0.1, -0.05) is 26.8 Å². The molecule has 0 bridgehead atoms. The molecule has 0 saturated carbocycles. The van der Waals surface area contributed by atoms with E-state index in [1.54, 1.807) is 6.07 Å². The van der Waals surface area contributed by atoms with Crippen molar-refractivity contribution in [2.75, 3.05) is 23.3 Å². The molecule has 49 heavy (non-hydrogen) atoms. The van der Waals surface area contributed by atoms with Gasteiger partial charge in [-0.25, -0.2) is 14.8 Å². The molecule has 2 amide bonds. The van der Waals surface area contributed by atoms with E-state index in [0.29, 0.717) is 22.5 Å². The number of aromatic amines is 1. The van der Waals surface area contributed by atoms with Crippen LogP contribution in [-0.4, -0.2) is 81.1 Å². The van der Waals surface area contributed by atoms with Crippen LogP contribution < -0.4 is 27.4 Å². The number of amides is 2. The Morgan fingerprint density at radius 3 is 2.51 bits per heavy atom. The molecule has 0 fully saturated rings. The van der Waals surface area contributed by atoms with Gasteiger partial charge in [0, 0.05) is 17.7 Å². The second kappa shape index (κ2) is 14.1. The van der Waals surface area contributed by atoms with Gasteiger partial charge >= 0.3 is 5.97 Å². The van der Waals surface area contributed by atoms with Crippen molar-refractivity contribution in [3.05, 3.63) is 65.0 Å². The third-order valence-electron chi connectivity index (χ3n) is 7.50. The first-order chi connectivity index (χ1) is 23.3. The second-order valence-corrected chi connectivity index (χ2v) is 12.1. The Labute approximate surface area is 279 Å². The molecule has 0 unspecified atom stereocenters. The van der Waals surface area contributed by atoms with Gasteiger partial charge in [0.1, 0.15) is 11.8 Å². The van der Waals surface area contributed by atoms with Gasteiger partial charge in [0.05, 0.1) is 29.7 Å². The largest absolute Gasteiger partial charge is 0.506 e. The molecule has 5 aromatic rings. The summed E-state index contributed by atoms with van der Waals surface area (Å²) in [6.07, 6.45) is 1.75. The number of hydrogen-bond acceptors (Lipinski definition) is 14. The lowest BCUT2D eigenvalue weighted by Crippen LogP contribution is -2.41. The summed E-state index contributed by atoms with van der Waals surface area (Å²) in [7, 11) is 0. The fourth-order valence-electron chi connectivity index (χ4n) is 4.85. The summed E-state index contributed by atoms with van der Waals surface area (Å²) in [5.74, 6) is -2.25. The van der Waals surface area contributed by atoms with E-state index in [2.05, 4.69) is 56.5 Å². The minimum absolute atomic E-state index is 0.0204. The number of aliphatic carboxylic acids is 1. The van der Waals surface area contributed by atoms with Gasteiger partial charge in [0.2, 0.25) is 11.8 Å². The summed E-state index contributed by atoms with van der Waals surface area (Å²) in [5, 5.41) is 42.6. The molecule has 10 N–H and O–H groups in total. The maximum Gasteiger partial charge on any atom is 0.326 e. The average Bonchev–Trinajstić information content (AvgIpc) is 3.60. The number of carbonyl (C=O) groups is 3. The predicted octanol–water partition coefficient (Wildman–Crippen LogP) is 1.77. The number of aromatic nitrogens is 8. The molecule has 18 heteroatoms. The second-order valence-electron chi connectivity index (χ2n) is 12.1. The first kappa shape index (κ1) is 33.9. The van der Waals surface area contributed by atoms with Crippen LogP contribution in [0.1, 0.15) is 65.6 Å². The van der Waals surface area contributed by atoms with Crippen LogP contribution >= 0.6 is 0 Å². The lowest BCUT2D eigenvalue weighted by atomic mass is 9.85. The number of nitrogens with one attached hydrogen (secondary N) is 4. The number of tetrazole rings is 1. The molecule has 3 heterocycles. The van der Waals surface area contributed by atoms with Crippen LogP contribution in [0, 0.1) is 0 Å². The summed E-state index contributed by atoms with van der Waals surface area (Å²) < 4.78 is 0. The lowest BCUT2D eigenvalue weighted by molar-refractivity contribution is -0.139. The van der Waals surface area contributed by atoms with E-state index in [0.717, 1.165) is 5.56 Å². The highest BCUT2D eigenvalue weighted by Gasteiger charge is 2.23. The van der Waals surface area contributed by atoms with Crippen LogP contribution in [-0.2, 0) is 16.8 Å². The Balaban J connectivity index is 1.15. The fourth-order valence-corrected chi connectivity index (χ4v) is 4.85. The highest BCUT2D eigenvalue weighted by atomic mass is 16.4. The Morgan fingerprint density at radius 2 is 1.82 bits per heavy atom. The Hall–Kier alpha value is -6.46. The summed E-state index contributed by atoms with van der Waals surface area (Å²) in [4.78, 5) is 54.4. The maximum absolute atomic E-state index is 13.1. The molecule has 3 aromatic heterocycles. The van der Waals surface area contributed by atoms with Gasteiger partial charge in [0.25, 0.3) is 11.8 Å². The van der Waals surface area contributed by atoms with Gasteiger partial charge < -0.3 is 37.6 Å². The number of rotatable bonds is 12. The number of hydrogen-bond donors (Lipinski definition) is 8. The first-order valence-corrected chi connectivity index (χ1v) is 15.1. The van der Waals surface area contributed by atoms with Crippen LogP contribution in [0.3, 0.4) is 0 Å². The molecule has 2 aromatic carbocycles. The molecule has 18 nitrogen and oxygen atoms in total. The van der Waals surface area contributed by atoms with Crippen molar-refractivity contribution in [1.82, 2.24) is 51.2 Å². The van der Waals surface area contributed by atoms with Gasteiger partial charge in [-0.3, -0.25) is 9.59 Å². The number of nitrogens with two attached hydrogens (primary N) is 2. The van der Waals surface area contributed by atoms with Crippen molar-refractivity contribution in [1.29, 1.82) is 0 Å². The number of benzene rings is 2. The van der Waals surface area contributed by atoms with Gasteiger partial charge in [0.15, 0.2) is 17.0 Å². The van der Waals surface area contributed by atoms with Gasteiger partial charge in [-0.15, -0.1) is 10.2 Å². The zero-order chi connectivity index (χ0) is 35.3. The summed E-state index contributed by atoms with van der Waals surface area (Å²) in [5.41, 5.74) is 14.4. The van der Waals surface area contributed by atoms with Crippen LogP contribution in [0.4, 0.5) is 17.5 Å². The number of carboxylic acid groups (broad SMARTS) is 1. The highest BCUT2D eigenvalue weighted by Crippen LogP contribution is 2.29. The maximum atomic E-state index is 13.1. The standard InChI is InChI=1S/C31H35N13O5/c1-31(2,3)16-7-8-18(19(12-16)25-41-43-44-42-25)28(47)34-10-4-5-21(29(48)49)38-27(46)15-6-9-20(22(45)11-15)35-13-17-14-36-26-23(37-17)24(32)39-30(33)40-26/h6-9,11-12,14,21,35,45H,4-5,10,13H2,1-3H3,(H,34,47)(H,38,46)(H,48,49)(H,41,42,43,44)(H4,32,33,36,39,40)/t21-/m0/s1. The van der Waals surface area contributed by atoms with Gasteiger partial charge in [-0.2, -0.15) is 15.2 Å². The Bertz CT molecular complexity index is 2010. The molecule has 254 valence electrons. The molecule has 0 radical (unpaired) electrons. The van der Waals surface area contributed by atoms with E-state index in [1.165, 1.54) is 24.4 Å². The number of phenols is 1. The van der Waals surface area contributed by atoms with Crippen molar-refractivity contribution >= 4 is 46.4 Å². The number of anilines is 3. The fraction of sp³-hybridized carbons (Fsp3) is 0.290. The number of nitrogen functional groups attached to an aromatic ring is 2. The summed E-state index contributed by atoms with van der Waals surface area (Å²) >= 11 is 0.